The summed E-state index contributed by atoms with van der Waals surface area (Å²) in [6.07, 6.45) is 8.66. The highest BCUT2D eigenvalue weighted by atomic mass is 16.5. The molecule has 4 heteroatoms. The number of methoxy groups -OCH3 is 1. The number of anilines is 2. The van der Waals surface area contributed by atoms with Gasteiger partial charge < -0.3 is 15.4 Å². The van der Waals surface area contributed by atoms with Crippen molar-refractivity contribution in [2.45, 2.75) is 32.6 Å². The molecule has 2 N–H and O–H groups in total. The zero-order valence-electron chi connectivity index (χ0n) is 12.0. The number of hydrogen-bond donors (Lipinski definition) is 2. The van der Waals surface area contributed by atoms with Crippen LogP contribution in [0.15, 0.2) is 18.5 Å². The van der Waals surface area contributed by atoms with Crippen LogP contribution in [-0.2, 0) is 4.74 Å². The van der Waals surface area contributed by atoms with Crippen LogP contribution in [0.3, 0.4) is 0 Å². The van der Waals surface area contributed by atoms with Crippen molar-refractivity contribution in [2.75, 3.05) is 37.4 Å². The standard InChI is InChI=1S/C15H25N3O/c1-3-7-17-13-9-14(11-16-10-13)18-12-15(4-5-15)6-8-19-2/h9-11,17-18H,3-8,12H2,1-2H3. The Labute approximate surface area is 116 Å². The predicted molar refractivity (Wildman–Crippen MR) is 79.7 cm³/mol. The molecule has 0 saturated heterocycles. The highest BCUT2D eigenvalue weighted by Crippen LogP contribution is 2.48. The van der Waals surface area contributed by atoms with E-state index >= 15 is 0 Å². The van der Waals surface area contributed by atoms with E-state index in [-0.39, 0.29) is 0 Å². The number of nitrogens with one attached hydrogen (secondary N) is 2. The van der Waals surface area contributed by atoms with E-state index in [1.807, 2.05) is 12.4 Å². The Morgan fingerprint density at radius 1 is 1.26 bits per heavy atom. The van der Waals surface area contributed by atoms with Crippen molar-refractivity contribution in [1.29, 1.82) is 0 Å². The molecule has 1 heterocycles. The maximum atomic E-state index is 5.18. The lowest BCUT2D eigenvalue weighted by atomic mass is 10.0. The van der Waals surface area contributed by atoms with Crippen LogP contribution in [0.1, 0.15) is 32.6 Å². The second-order valence-corrected chi connectivity index (χ2v) is 5.49. The quantitative estimate of drug-likeness (QED) is 0.718. The molecule has 0 amide bonds. The summed E-state index contributed by atoms with van der Waals surface area (Å²) in [4.78, 5) is 4.27. The van der Waals surface area contributed by atoms with Crippen LogP contribution < -0.4 is 10.6 Å². The fourth-order valence-electron chi connectivity index (χ4n) is 2.20. The lowest BCUT2D eigenvalue weighted by molar-refractivity contribution is 0.175. The van der Waals surface area contributed by atoms with Gasteiger partial charge in [0.1, 0.15) is 0 Å². The summed E-state index contributed by atoms with van der Waals surface area (Å²) < 4.78 is 5.18. The third-order valence-electron chi connectivity index (χ3n) is 3.78. The first-order chi connectivity index (χ1) is 9.28. The maximum absolute atomic E-state index is 5.18. The van der Waals surface area contributed by atoms with Gasteiger partial charge in [0, 0.05) is 26.8 Å². The minimum atomic E-state index is 0.461. The largest absolute Gasteiger partial charge is 0.385 e. The molecule has 1 aliphatic rings. The monoisotopic (exact) mass is 263 g/mol. The van der Waals surface area contributed by atoms with Gasteiger partial charge in [0.15, 0.2) is 0 Å². The fourth-order valence-corrected chi connectivity index (χ4v) is 2.20. The van der Waals surface area contributed by atoms with E-state index < -0.39 is 0 Å². The van der Waals surface area contributed by atoms with Crippen molar-refractivity contribution in [3.8, 4) is 0 Å². The summed E-state index contributed by atoms with van der Waals surface area (Å²) >= 11 is 0. The summed E-state index contributed by atoms with van der Waals surface area (Å²) in [5.74, 6) is 0. The third kappa shape index (κ3) is 4.39. The lowest BCUT2D eigenvalue weighted by Gasteiger charge is -2.16. The zero-order chi connectivity index (χ0) is 13.6. The summed E-state index contributed by atoms with van der Waals surface area (Å²) in [5, 5.41) is 6.87. The molecule has 19 heavy (non-hydrogen) atoms. The summed E-state index contributed by atoms with van der Waals surface area (Å²) in [5.41, 5.74) is 2.65. The molecule has 1 saturated carbocycles. The highest BCUT2D eigenvalue weighted by molar-refractivity contribution is 5.54. The minimum Gasteiger partial charge on any atom is -0.385 e. The highest BCUT2D eigenvalue weighted by Gasteiger charge is 2.41. The van der Waals surface area contributed by atoms with E-state index in [1.54, 1.807) is 7.11 Å². The van der Waals surface area contributed by atoms with Crippen molar-refractivity contribution < 1.29 is 4.74 Å². The van der Waals surface area contributed by atoms with E-state index in [0.717, 1.165) is 43.9 Å². The van der Waals surface area contributed by atoms with Crippen LogP contribution in [-0.4, -0.2) is 31.8 Å². The van der Waals surface area contributed by atoms with Gasteiger partial charge in [-0.15, -0.1) is 0 Å². The number of aromatic nitrogens is 1. The van der Waals surface area contributed by atoms with E-state index in [9.17, 15) is 0 Å². The molecule has 106 valence electrons. The Kier molecular flexibility index (Phi) is 5.02. The fraction of sp³-hybridized carbons (Fsp3) is 0.667. The van der Waals surface area contributed by atoms with Gasteiger partial charge in [-0.25, -0.2) is 0 Å². The van der Waals surface area contributed by atoms with Gasteiger partial charge in [0.05, 0.1) is 23.8 Å². The first-order valence-corrected chi connectivity index (χ1v) is 7.20. The Hall–Kier alpha value is -1.29. The van der Waals surface area contributed by atoms with Crippen LogP contribution in [0.2, 0.25) is 0 Å². The molecule has 1 fully saturated rings. The molecule has 0 bridgehead atoms. The molecule has 1 aromatic heterocycles. The van der Waals surface area contributed by atoms with Gasteiger partial charge in [0.25, 0.3) is 0 Å². The van der Waals surface area contributed by atoms with E-state index in [2.05, 4.69) is 28.6 Å². The zero-order valence-corrected chi connectivity index (χ0v) is 12.0. The second kappa shape index (κ2) is 6.75. The van der Waals surface area contributed by atoms with Crippen LogP contribution in [0.25, 0.3) is 0 Å². The van der Waals surface area contributed by atoms with Crippen molar-refractivity contribution in [1.82, 2.24) is 4.98 Å². The first-order valence-electron chi connectivity index (χ1n) is 7.20. The molecule has 4 nitrogen and oxygen atoms in total. The molecule has 0 atom stereocenters. The van der Waals surface area contributed by atoms with Gasteiger partial charge in [-0.2, -0.15) is 0 Å². The topological polar surface area (TPSA) is 46.2 Å². The molecule has 1 aromatic rings. The van der Waals surface area contributed by atoms with Gasteiger partial charge >= 0.3 is 0 Å². The van der Waals surface area contributed by atoms with Crippen molar-refractivity contribution in [3.05, 3.63) is 18.5 Å². The average molecular weight is 263 g/mol. The average Bonchev–Trinajstić information content (AvgIpc) is 3.22. The van der Waals surface area contributed by atoms with Crippen molar-refractivity contribution in [2.24, 2.45) is 5.41 Å². The number of pyridine rings is 1. The van der Waals surface area contributed by atoms with Crippen LogP contribution in [0.5, 0.6) is 0 Å². The molecule has 0 radical (unpaired) electrons. The Balaban J connectivity index is 1.82. The van der Waals surface area contributed by atoms with Gasteiger partial charge in [-0.3, -0.25) is 4.98 Å². The smallest absolute Gasteiger partial charge is 0.0547 e. The molecule has 0 spiro atoms. The molecular formula is C15H25N3O. The molecule has 0 aromatic carbocycles. The normalized spacial score (nSPS) is 16.1. The van der Waals surface area contributed by atoms with E-state index in [4.69, 9.17) is 4.74 Å². The van der Waals surface area contributed by atoms with Gasteiger partial charge in [-0.1, -0.05) is 6.92 Å². The molecular weight excluding hydrogens is 238 g/mol. The summed E-state index contributed by atoms with van der Waals surface area (Å²) in [6.45, 7) is 5.03. The maximum Gasteiger partial charge on any atom is 0.0547 e. The van der Waals surface area contributed by atoms with Crippen molar-refractivity contribution in [3.63, 3.8) is 0 Å². The third-order valence-corrected chi connectivity index (χ3v) is 3.78. The molecule has 0 unspecified atom stereocenters. The van der Waals surface area contributed by atoms with Crippen molar-refractivity contribution >= 4 is 11.4 Å². The van der Waals surface area contributed by atoms with Gasteiger partial charge in [0.2, 0.25) is 0 Å². The molecule has 0 aliphatic heterocycles. The molecule has 1 aliphatic carbocycles. The Morgan fingerprint density at radius 2 is 2.00 bits per heavy atom. The van der Waals surface area contributed by atoms with Crippen LogP contribution >= 0.6 is 0 Å². The number of ether oxygens (including phenoxy) is 1. The SMILES string of the molecule is CCCNc1cncc(NCC2(CCOC)CC2)c1. The first kappa shape index (κ1) is 14.1. The number of nitrogens with zero attached hydrogens (tertiary/aromatic N) is 1. The van der Waals surface area contributed by atoms with Crippen LogP contribution in [0, 0.1) is 5.41 Å². The minimum absolute atomic E-state index is 0.461. The summed E-state index contributed by atoms with van der Waals surface area (Å²) in [6, 6.07) is 2.13. The van der Waals surface area contributed by atoms with E-state index in [1.165, 1.54) is 12.8 Å². The van der Waals surface area contributed by atoms with Crippen LogP contribution in [0.4, 0.5) is 11.4 Å². The number of hydrogen-bond acceptors (Lipinski definition) is 4. The lowest BCUT2D eigenvalue weighted by Crippen LogP contribution is -2.17. The Morgan fingerprint density at radius 3 is 2.63 bits per heavy atom. The predicted octanol–water partition coefficient (Wildman–Crippen LogP) is 3.13. The Bertz CT molecular complexity index is 391. The summed E-state index contributed by atoms with van der Waals surface area (Å²) in [7, 11) is 1.77. The number of rotatable bonds is 9. The van der Waals surface area contributed by atoms with Gasteiger partial charge in [-0.05, 0) is 37.2 Å². The molecule has 2 rings (SSSR count). The second-order valence-electron chi connectivity index (χ2n) is 5.49. The van der Waals surface area contributed by atoms with E-state index in [0.29, 0.717) is 5.41 Å².